The molecule has 3 amide bonds. The fraction of sp³-hybridized carbons (Fsp3) is 0.176. The summed E-state index contributed by atoms with van der Waals surface area (Å²) in [7, 11) is 0. The molecule has 0 aromatic heterocycles. The van der Waals surface area contributed by atoms with E-state index in [-0.39, 0.29) is 5.91 Å². The number of nitrogens with one attached hydrogen (secondary N) is 2. The van der Waals surface area contributed by atoms with Crippen LogP contribution in [0.5, 0.6) is 0 Å². The number of hydrogen-bond acceptors (Lipinski definition) is 2. The Kier molecular flexibility index (Phi) is 4.78. The fourth-order valence-electron chi connectivity index (χ4n) is 2.19. The van der Waals surface area contributed by atoms with E-state index in [0.29, 0.717) is 17.8 Å². The smallest absolute Gasteiger partial charge is 0.316 e. The molecule has 0 saturated heterocycles. The van der Waals surface area contributed by atoms with Crippen molar-refractivity contribution < 1.29 is 9.59 Å². The molecule has 5 heteroatoms. The van der Waals surface area contributed by atoms with Crippen LogP contribution in [0.4, 0.5) is 10.5 Å². The maximum Gasteiger partial charge on any atom is 0.316 e. The van der Waals surface area contributed by atoms with Crippen LogP contribution < -0.4 is 16.4 Å². The Bertz CT molecular complexity index is 694. The number of carbonyl (C=O) groups excluding carboxylic acids is 2. The van der Waals surface area contributed by atoms with Crippen LogP contribution in [0.15, 0.2) is 42.5 Å². The Balaban J connectivity index is 1.97. The van der Waals surface area contributed by atoms with Gasteiger partial charge in [0, 0.05) is 17.8 Å². The Morgan fingerprint density at radius 2 is 1.73 bits per heavy atom. The molecule has 2 aromatic rings. The number of carbonyl (C=O) groups is 2. The van der Waals surface area contributed by atoms with E-state index in [1.807, 2.05) is 44.2 Å². The van der Waals surface area contributed by atoms with Crippen LogP contribution >= 0.6 is 0 Å². The quantitative estimate of drug-likeness (QED) is 0.810. The monoisotopic (exact) mass is 297 g/mol. The van der Waals surface area contributed by atoms with E-state index in [9.17, 15) is 9.59 Å². The number of urea groups is 1. The zero-order valence-electron chi connectivity index (χ0n) is 12.6. The van der Waals surface area contributed by atoms with Crippen molar-refractivity contribution in [2.24, 2.45) is 5.73 Å². The van der Waals surface area contributed by atoms with Crippen LogP contribution in [-0.2, 0) is 6.54 Å². The van der Waals surface area contributed by atoms with Gasteiger partial charge in [-0.25, -0.2) is 4.79 Å². The normalized spacial score (nSPS) is 10.1. The summed E-state index contributed by atoms with van der Waals surface area (Å²) in [5.74, 6) is -0.100. The molecule has 0 unspecified atom stereocenters. The summed E-state index contributed by atoms with van der Waals surface area (Å²) in [5, 5.41) is 5.37. The minimum atomic E-state index is -0.601. The van der Waals surface area contributed by atoms with Crippen LogP contribution in [0, 0.1) is 13.8 Å². The van der Waals surface area contributed by atoms with E-state index < -0.39 is 6.03 Å². The molecule has 0 spiro atoms. The van der Waals surface area contributed by atoms with Gasteiger partial charge < -0.3 is 16.4 Å². The van der Waals surface area contributed by atoms with Gasteiger partial charge >= 0.3 is 6.03 Å². The summed E-state index contributed by atoms with van der Waals surface area (Å²) in [6.07, 6.45) is 0. The first-order chi connectivity index (χ1) is 10.5. The first-order valence-electron chi connectivity index (χ1n) is 6.96. The van der Waals surface area contributed by atoms with Gasteiger partial charge in [-0.1, -0.05) is 29.8 Å². The number of benzene rings is 2. The van der Waals surface area contributed by atoms with Crippen LogP contribution in [0.1, 0.15) is 27.0 Å². The van der Waals surface area contributed by atoms with Crippen molar-refractivity contribution in [1.82, 2.24) is 5.32 Å². The molecule has 0 radical (unpaired) electrons. The largest absolute Gasteiger partial charge is 0.351 e. The van der Waals surface area contributed by atoms with E-state index in [4.69, 9.17) is 5.73 Å². The SMILES string of the molecule is Cc1ccc(C(=O)NCc2ccc(NC(N)=O)cc2)c(C)c1. The molecular weight excluding hydrogens is 278 g/mol. The molecule has 2 rings (SSSR count). The maximum atomic E-state index is 12.2. The van der Waals surface area contributed by atoms with Gasteiger partial charge in [0.25, 0.3) is 5.91 Å². The fourth-order valence-corrected chi connectivity index (χ4v) is 2.19. The predicted octanol–water partition coefficient (Wildman–Crippen LogP) is 2.72. The highest BCUT2D eigenvalue weighted by Gasteiger charge is 2.08. The molecule has 0 aliphatic carbocycles. The summed E-state index contributed by atoms with van der Waals surface area (Å²) in [6, 6.07) is 12.3. The lowest BCUT2D eigenvalue weighted by atomic mass is 10.1. The zero-order valence-corrected chi connectivity index (χ0v) is 12.6. The number of hydrogen-bond donors (Lipinski definition) is 3. The van der Waals surface area contributed by atoms with E-state index in [0.717, 1.165) is 16.7 Å². The summed E-state index contributed by atoms with van der Waals surface area (Å²) in [5.41, 5.74) is 9.37. The van der Waals surface area contributed by atoms with E-state index >= 15 is 0 Å². The minimum absolute atomic E-state index is 0.100. The summed E-state index contributed by atoms with van der Waals surface area (Å²) in [4.78, 5) is 22.9. The highest BCUT2D eigenvalue weighted by atomic mass is 16.2. The van der Waals surface area contributed by atoms with E-state index in [2.05, 4.69) is 10.6 Å². The lowest BCUT2D eigenvalue weighted by Crippen LogP contribution is -2.23. The third-order valence-electron chi connectivity index (χ3n) is 3.30. The molecule has 0 saturated carbocycles. The van der Waals surface area contributed by atoms with Gasteiger partial charge in [0.05, 0.1) is 0 Å². The van der Waals surface area contributed by atoms with Crippen molar-refractivity contribution in [2.75, 3.05) is 5.32 Å². The van der Waals surface area contributed by atoms with Crippen molar-refractivity contribution in [3.63, 3.8) is 0 Å². The third kappa shape index (κ3) is 4.09. The van der Waals surface area contributed by atoms with Crippen molar-refractivity contribution >= 4 is 17.6 Å². The molecule has 0 aliphatic heterocycles. The molecule has 4 N–H and O–H groups in total. The lowest BCUT2D eigenvalue weighted by molar-refractivity contribution is 0.0950. The van der Waals surface area contributed by atoms with Crippen LogP contribution in [0.25, 0.3) is 0 Å². The second kappa shape index (κ2) is 6.76. The van der Waals surface area contributed by atoms with Gasteiger partial charge in [0.15, 0.2) is 0 Å². The molecule has 0 bridgehead atoms. The predicted molar refractivity (Wildman–Crippen MR) is 86.7 cm³/mol. The van der Waals surface area contributed by atoms with Crippen LogP contribution in [0.2, 0.25) is 0 Å². The van der Waals surface area contributed by atoms with E-state index in [1.165, 1.54) is 0 Å². The van der Waals surface area contributed by atoms with Crippen molar-refractivity contribution in [1.29, 1.82) is 0 Å². The summed E-state index contributed by atoms with van der Waals surface area (Å²) in [6.45, 7) is 4.34. The summed E-state index contributed by atoms with van der Waals surface area (Å²) < 4.78 is 0. The third-order valence-corrected chi connectivity index (χ3v) is 3.30. The zero-order chi connectivity index (χ0) is 16.1. The van der Waals surface area contributed by atoms with E-state index in [1.54, 1.807) is 12.1 Å². The number of nitrogens with two attached hydrogens (primary N) is 1. The van der Waals surface area contributed by atoms with Gasteiger partial charge in [-0.3, -0.25) is 4.79 Å². The number of amides is 3. The highest BCUT2D eigenvalue weighted by molar-refractivity contribution is 5.95. The second-order valence-electron chi connectivity index (χ2n) is 5.19. The number of rotatable bonds is 4. The average Bonchev–Trinajstić information content (AvgIpc) is 2.45. The molecule has 0 heterocycles. The maximum absolute atomic E-state index is 12.2. The molecule has 5 nitrogen and oxygen atoms in total. The number of aryl methyl sites for hydroxylation is 2. The van der Waals surface area contributed by atoms with Gasteiger partial charge in [-0.05, 0) is 43.2 Å². The topological polar surface area (TPSA) is 84.2 Å². The molecular formula is C17H19N3O2. The Hall–Kier alpha value is -2.82. The highest BCUT2D eigenvalue weighted by Crippen LogP contribution is 2.12. The lowest BCUT2D eigenvalue weighted by Gasteiger charge is -2.09. The molecule has 22 heavy (non-hydrogen) atoms. The number of anilines is 1. The van der Waals surface area contributed by atoms with Crippen LogP contribution in [0.3, 0.4) is 0 Å². The van der Waals surface area contributed by atoms with Crippen molar-refractivity contribution in [3.05, 3.63) is 64.7 Å². The number of primary amides is 1. The van der Waals surface area contributed by atoms with Gasteiger partial charge in [-0.2, -0.15) is 0 Å². The molecule has 2 aromatic carbocycles. The first-order valence-corrected chi connectivity index (χ1v) is 6.96. The van der Waals surface area contributed by atoms with Crippen LogP contribution in [-0.4, -0.2) is 11.9 Å². The molecule has 0 fully saturated rings. The average molecular weight is 297 g/mol. The molecule has 0 atom stereocenters. The first kappa shape index (κ1) is 15.6. The minimum Gasteiger partial charge on any atom is -0.351 e. The molecule has 0 aliphatic rings. The van der Waals surface area contributed by atoms with Crippen molar-refractivity contribution in [3.8, 4) is 0 Å². The Morgan fingerprint density at radius 1 is 1.05 bits per heavy atom. The standard InChI is InChI=1S/C17H19N3O2/c1-11-3-8-15(12(2)9-11)16(21)19-10-13-4-6-14(7-5-13)20-17(18)22/h3-9H,10H2,1-2H3,(H,19,21)(H3,18,20,22). The Morgan fingerprint density at radius 3 is 2.32 bits per heavy atom. The van der Waals surface area contributed by atoms with Crippen molar-refractivity contribution in [2.45, 2.75) is 20.4 Å². The van der Waals surface area contributed by atoms with Gasteiger partial charge in [-0.15, -0.1) is 0 Å². The summed E-state index contributed by atoms with van der Waals surface area (Å²) >= 11 is 0. The van der Waals surface area contributed by atoms with Gasteiger partial charge in [0.2, 0.25) is 0 Å². The Labute approximate surface area is 129 Å². The second-order valence-corrected chi connectivity index (χ2v) is 5.19. The molecule has 114 valence electrons. The van der Waals surface area contributed by atoms with Gasteiger partial charge in [0.1, 0.15) is 0 Å².